The van der Waals surface area contributed by atoms with E-state index in [0.717, 1.165) is 5.46 Å². The van der Waals surface area contributed by atoms with Crippen LogP contribution in [0.1, 0.15) is 34.6 Å². The fourth-order valence-corrected chi connectivity index (χ4v) is 2.62. The first-order valence-corrected chi connectivity index (χ1v) is 7.90. The van der Waals surface area contributed by atoms with Gasteiger partial charge < -0.3 is 18.8 Å². The number of carboxylic acid groups (broad SMARTS) is 1. The molecule has 3 rings (SSSR count). The number of pyridine rings is 1. The Morgan fingerprint density at radius 1 is 1.16 bits per heavy atom. The molecule has 0 bridgehead atoms. The van der Waals surface area contributed by atoms with Crippen LogP contribution in [0.5, 0.6) is 0 Å². The van der Waals surface area contributed by atoms with E-state index < -0.39 is 30.3 Å². The fraction of sp³-hybridized carbons (Fsp3) is 0.438. The molecule has 0 spiro atoms. The summed E-state index contributed by atoms with van der Waals surface area (Å²) >= 11 is 0. The number of imidazole rings is 1. The van der Waals surface area contributed by atoms with Crippen LogP contribution in [0.15, 0.2) is 24.5 Å². The Balaban J connectivity index is 1.97. The Labute approximate surface area is 145 Å². The van der Waals surface area contributed by atoms with Crippen molar-refractivity contribution in [2.24, 2.45) is 0 Å². The van der Waals surface area contributed by atoms with Gasteiger partial charge in [-0.05, 0) is 39.2 Å². The molecule has 2 aromatic rings. The summed E-state index contributed by atoms with van der Waals surface area (Å²) in [5.74, 6) is -0.576. The van der Waals surface area contributed by atoms with Crippen molar-refractivity contribution < 1.29 is 24.0 Å². The maximum atomic E-state index is 11.5. The lowest BCUT2D eigenvalue weighted by Gasteiger charge is -2.32. The molecule has 2 aromatic heterocycles. The van der Waals surface area contributed by atoms with Crippen molar-refractivity contribution in [1.82, 2.24) is 9.38 Å². The molecule has 8 nitrogen and oxygen atoms in total. The van der Waals surface area contributed by atoms with Crippen LogP contribution in [0.2, 0.25) is 0 Å². The minimum absolute atomic E-state index is 0.0473. The first-order valence-electron chi connectivity index (χ1n) is 7.90. The summed E-state index contributed by atoms with van der Waals surface area (Å²) in [5.41, 5.74) is 0.380. The number of carbonyl (C=O) groups excluding carboxylic acids is 1. The molecular weight excluding hydrogens is 325 g/mol. The third kappa shape index (κ3) is 2.89. The Hall–Kier alpha value is -2.39. The molecule has 0 radical (unpaired) electrons. The number of nitrogens with zero attached hydrogens (tertiary/aromatic N) is 3. The first-order chi connectivity index (χ1) is 11.5. The Bertz CT molecular complexity index is 831. The minimum atomic E-state index is -1.37. The lowest BCUT2D eigenvalue weighted by atomic mass is 9.80. The number of hydrogen-bond donors (Lipinski definition) is 1. The highest BCUT2D eigenvalue weighted by Gasteiger charge is 2.51. The lowest BCUT2D eigenvalue weighted by molar-refractivity contribution is -0.116. The standard InChI is InChI=1S/C16H20BN3O5/c1-10(21)20(14(22)23)13-9-19-8-11(6-7-12(19)18-13)17-24-15(2,3)16(4,5)25-17/h6-9H,1-5H3,(H,22,23). The highest BCUT2D eigenvalue weighted by molar-refractivity contribution is 6.62. The van der Waals surface area contributed by atoms with E-state index >= 15 is 0 Å². The maximum absolute atomic E-state index is 11.5. The molecule has 1 aliphatic rings. The number of carbonyl (C=O) groups is 2. The zero-order valence-corrected chi connectivity index (χ0v) is 14.8. The van der Waals surface area contributed by atoms with Gasteiger partial charge in [0.05, 0.1) is 17.4 Å². The molecule has 0 atom stereocenters. The van der Waals surface area contributed by atoms with Gasteiger partial charge >= 0.3 is 13.2 Å². The molecule has 0 aromatic carbocycles. The van der Waals surface area contributed by atoms with Crippen molar-refractivity contribution in [2.45, 2.75) is 45.8 Å². The Morgan fingerprint density at radius 2 is 1.76 bits per heavy atom. The van der Waals surface area contributed by atoms with Gasteiger partial charge in [0.2, 0.25) is 5.91 Å². The lowest BCUT2D eigenvalue weighted by Crippen LogP contribution is -2.41. The molecule has 25 heavy (non-hydrogen) atoms. The highest BCUT2D eigenvalue weighted by atomic mass is 16.7. The summed E-state index contributed by atoms with van der Waals surface area (Å²) in [6.07, 6.45) is 1.87. The van der Waals surface area contributed by atoms with Crippen molar-refractivity contribution in [1.29, 1.82) is 0 Å². The monoisotopic (exact) mass is 345 g/mol. The smallest absolute Gasteiger partial charge is 0.464 e. The topological polar surface area (TPSA) is 93.4 Å². The van der Waals surface area contributed by atoms with Gasteiger partial charge in [0, 0.05) is 13.1 Å². The van der Waals surface area contributed by atoms with Crippen LogP contribution in [-0.4, -0.2) is 44.8 Å². The van der Waals surface area contributed by atoms with Gasteiger partial charge in [-0.3, -0.25) is 4.79 Å². The van der Waals surface area contributed by atoms with E-state index in [0.29, 0.717) is 10.5 Å². The summed E-state index contributed by atoms with van der Waals surface area (Å²) in [7, 11) is -0.538. The van der Waals surface area contributed by atoms with Crippen LogP contribution in [0.25, 0.3) is 5.65 Å². The van der Waals surface area contributed by atoms with Gasteiger partial charge in [0.1, 0.15) is 5.65 Å². The van der Waals surface area contributed by atoms with Crippen molar-refractivity contribution >= 4 is 36.0 Å². The Kier molecular flexibility index (Phi) is 3.88. The van der Waals surface area contributed by atoms with Gasteiger partial charge in [-0.15, -0.1) is 0 Å². The summed E-state index contributed by atoms with van der Waals surface area (Å²) in [6.45, 7) is 9.06. The average molecular weight is 345 g/mol. The number of aromatic nitrogens is 2. The molecule has 1 fully saturated rings. The van der Waals surface area contributed by atoms with Crippen LogP contribution in [0.3, 0.4) is 0 Å². The molecule has 3 heterocycles. The van der Waals surface area contributed by atoms with E-state index in [-0.39, 0.29) is 5.82 Å². The van der Waals surface area contributed by atoms with Crippen LogP contribution in [0, 0.1) is 0 Å². The fourth-order valence-electron chi connectivity index (χ4n) is 2.62. The normalized spacial score (nSPS) is 18.5. The van der Waals surface area contributed by atoms with Crippen molar-refractivity contribution in [2.75, 3.05) is 4.90 Å². The number of anilines is 1. The number of hydrogen-bond acceptors (Lipinski definition) is 5. The molecular formula is C16H20BN3O5. The summed E-state index contributed by atoms with van der Waals surface area (Å²) < 4.78 is 13.7. The molecule has 0 aliphatic carbocycles. The van der Waals surface area contributed by atoms with E-state index in [1.165, 1.54) is 13.1 Å². The maximum Gasteiger partial charge on any atom is 0.496 e. The summed E-state index contributed by atoms with van der Waals surface area (Å²) in [5, 5.41) is 9.18. The first kappa shape index (κ1) is 17.4. The minimum Gasteiger partial charge on any atom is -0.464 e. The van der Waals surface area contributed by atoms with Gasteiger partial charge in [-0.1, -0.05) is 6.07 Å². The largest absolute Gasteiger partial charge is 0.496 e. The molecule has 0 unspecified atom stereocenters. The summed E-state index contributed by atoms with van der Waals surface area (Å²) in [4.78, 5) is 27.6. The van der Waals surface area contributed by atoms with Gasteiger partial charge in [0.15, 0.2) is 5.82 Å². The number of fused-ring (bicyclic) bond motifs is 1. The third-order valence-electron chi connectivity index (χ3n) is 4.72. The Morgan fingerprint density at radius 3 is 2.28 bits per heavy atom. The number of rotatable bonds is 2. The molecule has 1 N–H and O–H groups in total. The molecule has 1 saturated heterocycles. The average Bonchev–Trinajstić information content (AvgIpc) is 2.95. The molecule has 0 saturated carbocycles. The van der Waals surface area contributed by atoms with Crippen molar-refractivity contribution in [3.63, 3.8) is 0 Å². The third-order valence-corrected chi connectivity index (χ3v) is 4.72. The van der Waals surface area contributed by atoms with E-state index in [2.05, 4.69) is 4.98 Å². The van der Waals surface area contributed by atoms with Crippen LogP contribution in [-0.2, 0) is 14.1 Å². The number of imide groups is 1. The quantitative estimate of drug-likeness (QED) is 0.832. The molecule has 1 aliphatic heterocycles. The van der Waals surface area contributed by atoms with Crippen LogP contribution < -0.4 is 10.4 Å². The van der Waals surface area contributed by atoms with E-state index in [1.54, 1.807) is 16.7 Å². The van der Waals surface area contributed by atoms with E-state index in [9.17, 15) is 14.7 Å². The van der Waals surface area contributed by atoms with Gasteiger partial charge in [0.25, 0.3) is 0 Å². The second kappa shape index (κ2) is 5.57. The molecule has 9 heteroatoms. The summed E-state index contributed by atoms with van der Waals surface area (Å²) in [6, 6.07) is 3.54. The molecule has 132 valence electrons. The second-order valence-corrected chi connectivity index (χ2v) is 7.05. The highest BCUT2D eigenvalue weighted by Crippen LogP contribution is 2.36. The number of amides is 2. The van der Waals surface area contributed by atoms with Gasteiger partial charge in [-0.2, -0.15) is 4.90 Å². The molecule has 2 amide bonds. The van der Waals surface area contributed by atoms with E-state index in [4.69, 9.17) is 9.31 Å². The van der Waals surface area contributed by atoms with E-state index in [1.807, 2.05) is 33.8 Å². The second-order valence-electron chi connectivity index (χ2n) is 7.05. The van der Waals surface area contributed by atoms with Crippen LogP contribution in [0.4, 0.5) is 10.6 Å². The van der Waals surface area contributed by atoms with Crippen molar-refractivity contribution in [3.8, 4) is 0 Å². The van der Waals surface area contributed by atoms with Crippen LogP contribution >= 0.6 is 0 Å². The zero-order valence-electron chi connectivity index (χ0n) is 14.8. The predicted octanol–water partition coefficient (Wildman–Crippen LogP) is 1.66. The SMILES string of the molecule is CC(=O)N(C(=O)O)c1cn2cc(B3OC(C)(C)C(C)(C)O3)ccc2n1. The predicted molar refractivity (Wildman–Crippen MR) is 92.1 cm³/mol. The zero-order chi connectivity index (χ0) is 18.6. The van der Waals surface area contributed by atoms with Gasteiger partial charge in [-0.25, -0.2) is 9.78 Å². The van der Waals surface area contributed by atoms with Crippen molar-refractivity contribution in [3.05, 3.63) is 24.5 Å².